The van der Waals surface area contributed by atoms with Crippen molar-refractivity contribution in [1.82, 2.24) is 20.9 Å². The largest absolute Gasteiger partial charge is 0.524 e. The molecule has 1 aliphatic heterocycles. The van der Waals surface area contributed by atoms with E-state index in [2.05, 4.69) is 20.5 Å². The predicted octanol–water partition coefficient (Wildman–Crippen LogP) is 2.33. The monoisotopic (exact) mass is 694 g/mol. The summed E-state index contributed by atoms with van der Waals surface area (Å²) in [5, 5.41) is 17.8. The van der Waals surface area contributed by atoms with Crippen LogP contribution in [0.4, 0.5) is 0 Å². The Morgan fingerprint density at radius 2 is 1.53 bits per heavy atom. The van der Waals surface area contributed by atoms with Crippen LogP contribution in [0, 0.1) is 0 Å². The van der Waals surface area contributed by atoms with E-state index in [0.717, 1.165) is 11.1 Å². The van der Waals surface area contributed by atoms with E-state index in [-0.39, 0.29) is 55.8 Å². The molecule has 3 aromatic carbocycles. The molecule has 0 aliphatic carbocycles. The van der Waals surface area contributed by atoms with E-state index >= 15 is 0 Å². The van der Waals surface area contributed by atoms with Crippen LogP contribution in [0.5, 0.6) is 5.75 Å². The highest BCUT2D eigenvalue weighted by molar-refractivity contribution is 7.46. The lowest BCUT2D eigenvalue weighted by Crippen LogP contribution is -2.55. The number of hydrogen-bond donors (Lipinski definition) is 6. The molecule has 0 saturated carbocycles. The van der Waals surface area contributed by atoms with E-state index in [9.17, 15) is 33.6 Å². The zero-order chi connectivity index (χ0) is 35.4. The maximum absolute atomic E-state index is 13.6. The second-order valence-corrected chi connectivity index (χ2v) is 12.7. The number of carbonyl (C=O) groups is 5. The van der Waals surface area contributed by atoms with E-state index in [4.69, 9.17) is 9.79 Å². The molecule has 2 atom stereocenters. The summed E-state index contributed by atoms with van der Waals surface area (Å²) in [6, 6.07) is 19.2. The number of nitrogens with zero attached hydrogens (tertiary/aromatic N) is 1. The number of nitrogens with one attached hydrogen (secondary N) is 3. The minimum atomic E-state index is -4.76. The number of aliphatic carboxylic acids is 1. The Labute approximate surface area is 283 Å². The van der Waals surface area contributed by atoms with Gasteiger partial charge in [0.25, 0.3) is 5.91 Å². The number of carboxylic acid groups (broad SMARTS) is 1. The van der Waals surface area contributed by atoms with Gasteiger partial charge in [0.1, 0.15) is 17.8 Å². The SMILES string of the molecule is O=C(CNC(=O)c1ccccc1)NCCCCCC(=O)N1Cc2ccccc2C[C@H]1C(=O)N[C@@H](Cc1ccc(OP(=O)(O)O)cc1)C(=O)O. The fourth-order valence-electron chi connectivity index (χ4n) is 5.41. The van der Waals surface area contributed by atoms with E-state index in [1.54, 1.807) is 30.3 Å². The zero-order valence-electron chi connectivity index (χ0n) is 26.6. The second-order valence-electron chi connectivity index (χ2n) is 11.5. The number of amides is 4. The van der Waals surface area contributed by atoms with Crippen molar-refractivity contribution in [2.24, 2.45) is 0 Å². The predicted molar refractivity (Wildman–Crippen MR) is 177 cm³/mol. The summed E-state index contributed by atoms with van der Waals surface area (Å²) in [6.07, 6.45) is 1.98. The molecule has 0 bridgehead atoms. The Bertz CT molecular complexity index is 1680. The third kappa shape index (κ3) is 11.6. The summed E-state index contributed by atoms with van der Waals surface area (Å²) in [5.41, 5.74) is 2.71. The standard InChI is InChI=1S/C34H39N4O10P/c39-30(21-36-32(41)24-9-3-1-4-10-24)35-18-8-2-5-13-31(40)38-22-26-12-7-6-11-25(26)20-29(38)33(42)37-28(34(43)44)19-23-14-16-27(17-15-23)48-49(45,46)47/h1,3-4,6-7,9-12,14-17,28-29H,2,5,8,13,18-22H2,(H,35,39)(H,36,41)(H,37,42)(H,43,44)(H2,45,46,47)/t28-,29-/m0/s1. The van der Waals surface area contributed by atoms with Gasteiger partial charge >= 0.3 is 13.8 Å². The van der Waals surface area contributed by atoms with Crippen molar-refractivity contribution < 1.29 is 48.0 Å². The number of carbonyl (C=O) groups excluding carboxylic acids is 4. The Morgan fingerprint density at radius 1 is 0.857 bits per heavy atom. The van der Waals surface area contributed by atoms with Crippen LogP contribution in [0.3, 0.4) is 0 Å². The van der Waals surface area contributed by atoms with Gasteiger partial charge in [-0.3, -0.25) is 29.0 Å². The molecule has 6 N–H and O–H groups in total. The van der Waals surface area contributed by atoms with Crippen LogP contribution in [-0.2, 0) is 43.1 Å². The maximum Gasteiger partial charge on any atom is 0.524 e. The average Bonchev–Trinajstić information content (AvgIpc) is 3.08. The number of carboxylic acids is 1. The number of benzene rings is 3. The minimum absolute atomic E-state index is 0.0997. The number of unbranched alkanes of at least 4 members (excludes halogenated alkanes) is 2. The molecule has 0 unspecified atom stereocenters. The third-order valence-corrected chi connectivity index (χ3v) is 8.36. The number of hydrogen-bond acceptors (Lipinski definition) is 7. The molecule has 0 radical (unpaired) electrons. The first-order valence-electron chi connectivity index (χ1n) is 15.7. The molecule has 3 aromatic rings. The van der Waals surface area contributed by atoms with Crippen LogP contribution in [0.2, 0.25) is 0 Å². The van der Waals surface area contributed by atoms with Gasteiger partial charge in [-0.1, -0.05) is 61.0 Å². The number of phosphoric acid groups is 1. The van der Waals surface area contributed by atoms with Crippen LogP contribution >= 0.6 is 7.82 Å². The van der Waals surface area contributed by atoms with Crippen molar-refractivity contribution >= 4 is 37.4 Å². The fourth-order valence-corrected chi connectivity index (χ4v) is 5.81. The summed E-state index contributed by atoms with van der Waals surface area (Å²) >= 11 is 0. The van der Waals surface area contributed by atoms with Gasteiger partial charge in [0, 0.05) is 37.9 Å². The Morgan fingerprint density at radius 3 is 2.20 bits per heavy atom. The summed E-state index contributed by atoms with van der Waals surface area (Å²) in [7, 11) is -4.76. The lowest BCUT2D eigenvalue weighted by atomic mass is 9.92. The van der Waals surface area contributed by atoms with E-state index in [1.165, 1.54) is 29.2 Å². The van der Waals surface area contributed by atoms with Crippen molar-refractivity contribution in [2.75, 3.05) is 13.1 Å². The molecule has 1 aliphatic rings. The van der Waals surface area contributed by atoms with Gasteiger partial charge in [-0.25, -0.2) is 9.36 Å². The zero-order valence-corrected chi connectivity index (χ0v) is 27.5. The van der Waals surface area contributed by atoms with Gasteiger partial charge in [0.05, 0.1) is 6.54 Å². The van der Waals surface area contributed by atoms with Gasteiger partial charge in [-0.05, 0) is 53.8 Å². The molecule has 0 saturated heterocycles. The molecule has 14 nitrogen and oxygen atoms in total. The van der Waals surface area contributed by atoms with Gasteiger partial charge in [0.2, 0.25) is 17.7 Å². The molecule has 260 valence electrons. The van der Waals surface area contributed by atoms with Crippen LogP contribution in [0.1, 0.15) is 52.7 Å². The Balaban J connectivity index is 1.28. The molecule has 4 rings (SSSR count). The molecule has 0 fully saturated rings. The summed E-state index contributed by atoms with van der Waals surface area (Å²) in [4.78, 5) is 82.7. The van der Waals surface area contributed by atoms with Gasteiger partial charge in [-0.15, -0.1) is 0 Å². The van der Waals surface area contributed by atoms with Crippen molar-refractivity contribution in [3.8, 4) is 5.75 Å². The second kappa shape index (κ2) is 17.4. The first-order valence-corrected chi connectivity index (χ1v) is 17.3. The van der Waals surface area contributed by atoms with Crippen LogP contribution in [-0.4, -0.2) is 74.6 Å². The highest BCUT2D eigenvalue weighted by atomic mass is 31.2. The van der Waals surface area contributed by atoms with Gasteiger partial charge in [-0.2, -0.15) is 0 Å². The summed E-state index contributed by atoms with van der Waals surface area (Å²) in [6.45, 7) is 0.401. The minimum Gasteiger partial charge on any atom is -0.480 e. The van der Waals surface area contributed by atoms with E-state index in [0.29, 0.717) is 36.9 Å². The van der Waals surface area contributed by atoms with Crippen molar-refractivity contribution in [2.45, 2.75) is 57.2 Å². The Kier molecular flexibility index (Phi) is 13.1. The average molecular weight is 695 g/mol. The molecule has 1 heterocycles. The lowest BCUT2D eigenvalue weighted by Gasteiger charge is -2.36. The summed E-state index contributed by atoms with van der Waals surface area (Å²) in [5.74, 6) is -2.93. The van der Waals surface area contributed by atoms with Crippen molar-refractivity contribution in [1.29, 1.82) is 0 Å². The van der Waals surface area contributed by atoms with Gasteiger partial charge < -0.3 is 30.5 Å². The highest BCUT2D eigenvalue weighted by Gasteiger charge is 2.36. The van der Waals surface area contributed by atoms with E-state index in [1.807, 2.05) is 24.3 Å². The molecule has 4 amide bonds. The first-order chi connectivity index (χ1) is 23.4. The molecule has 0 spiro atoms. The van der Waals surface area contributed by atoms with E-state index < -0.39 is 31.8 Å². The quantitative estimate of drug-likeness (QED) is 0.0952. The fraction of sp³-hybridized carbons (Fsp3) is 0.324. The van der Waals surface area contributed by atoms with Crippen LogP contribution in [0.15, 0.2) is 78.9 Å². The molecular formula is C34H39N4O10P. The van der Waals surface area contributed by atoms with Crippen molar-refractivity contribution in [3.05, 3.63) is 101 Å². The first kappa shape index (κ1) is 36.8. The molecular weight excluding hydrogens is 655 g/mol. The number of rotatable bonds is 16. The normalized spacial score (nSPS) is 14.6. The number of phosphoric ester groups is 1. The smallest absolute Gasteiger partial charge is 0.480 e. The molecule has 15 heteroatoms. The van der Waals surface area contributed by atoms with Crippen molar-refractivity contribution in [3.63, 3.8) is 0 Å². The lowest BCUT2D eigenvalue weighted by molar-refractivity contribution is -0.145. The number of fused-ring (bicyclic) bond motifs is 1. The van der Waals surface area contributed by atoms with Crippen LogP contribution in [0.25, 0.3) is 0 Å². The maximum atomic E-state index is 13.6. The molecule has 0 aromatic heterocycles. The Hall–Kier alpha value is -5.04. The highest BCUT2D eigenvalue weighted by Crippen LogP contribution is 2.37. The topological polar surface area (TPSA) is 212 Å². The summed E-state index contributed by atoms with van der Waals surface area (Å²) < 4.78 is 15.6. The van der Waals surface area contributed by atoms with Crippen LogP contribution < -0.4 is 20.5 Å². The van der Waals surface area contributed by atoms with Gasteiger partial charge in [0.15, 0.2) is 0 Å². The molecule has 49 heavy (non-hydrogen) atoms. The third-order valence-electron chi connectivity index (χ3n) is 7.91.